The van der Waals surface area contributed by atoms with Gasteiger partial charge in [-0.05, 0) is 25.0 Å². The van der Waals surface area contributed by atoms with Gasteiger partial charge in [0.05, 0.1) is 25.2 Å². The summed E-state index contributed by atoms with van der Waals surface area (Å²) in [4.78, 5) is 29.4. The van der Waals surface area contributed by atoms with Crippen LogP contribution in [0.4, 0.5) is 0 Å². The van der Waals surface area contributed by atoms with E-state index in [0.29, 0.717) is 18.7 Å². The maximum absolute atomic E-state index is 12.5. The molecular formula is C15H20N2O4. The van der Waals surface area contributed by atoms with Gasteiger partial charge < -0.3 is 14.4 Å². The highest BCUT2D eigenvalue weighted by molar-refractivity contribution is 5.94. The number of amides is 1. The highest BCUT2D eigenvalue weighted by atomic mass is 16.5. The van der Waals surface area contributed by atoms with E-state index in [0.717, 1.165) is 19.4 Å². The van der Waals surface area contributed by atoms with E-state index in [1.54, 1.807) is 23.2 Å². The van der Waals surface area contributed by atoms with Crippen LogP contribution in [0.25, 0.3) is 0 Å². The Morgan fingerprint density at radius 3 is 3.00 bits per heavy atom. The molecule has 1 aliphatic rings. The SMILES string of the molecule is COC(=O)CCN(CC1CCCO1)C(=O)c1cccnc1. The van der Waals surface area contributed by atoms with Gasteiger partial charge in [-0.2, -0.15) is 0 Å². The number of rotatable bonds is 6. The molecule has 0 aromatic carbocycles. The molecule has 1 amide bonds. The second-order valence-corrected chi connectivity index (χ2v) is 4.95. The quantitative estimate of drug-likeness (QED) is 0.738. The molecule has 1 unspecified atom stereocenters. The molecule has 0 aliphatic carbocycles. The summed E-state index contributed by atoms with van der Waals surface area (Å²) < 4.78 is 10.2. The van der Waals surface area contributed by atoms with Crippen molar-refractivity contribution in [1.82, 2.24) is 9.88 Å². The molecule has 1 aromatic heterocycles. The third-order valence-electron chi connectivity index (χ3n) is 3.46. The summed E-state index contributed by atoms with van der Waals surface area (Å²) in [5, 5.41) is 0. The minimum Gasteiger partial charge on any atom is -0.469 e. The first kappa shape index (κ1) is 15.4. The largest absolute Gasteiger partial charge is 0.469 e. The van der Waals surface area contributed by atoms with Crippen molar-refractivity contribution in [2.45, 2.75) is 25.4 Å². The van der Waals surface area contributed by atoms with Gasteiger partial charge >= 0.3 is 5.97 Å². The minimum atomic E-state index is -0.327. The smallest absolute Gasteiger partial charge is 0.307 e. The first-order valence-electron chi connectivity index (χ1n) is 7.08. The predicted molar refractivity (Wildman–Crippen MR) is 75.7 cm³/mol. The minimum absolute atomic E-state index is 0.0447. The number of carbonyl (C=O) groups excluding carboxylic acids is 2. The first-order valence-corrected chi connectivity index (χ1v) is 7.08. The summed E-state index contributed by atoms with van der Waals surface area (Å²) in [5.41, 5.74) is 0.514. The van der Waals surface area contributed by atoms with Crippen molar-refractivity contribution in [2.75, 3.05) is 26.8 Å². The summed E-state index contributed by atoms with van der Waals surface area (Å²) in [5.74, 6) is -0.464. The van der Waals surface area contributed by atoms with E-state index in [1.807, 2.05) is 0 Å². The lowest BCUT2D eigenvalue weighted by atomic mass is 10.2. The number of hydrogen-bond acceptors (Lipinski definition) is 5. The molecule has 114 valence electrons. The lowest BCUT2D eigenvalue weighted by Gasteiger charge is -2.25. The van der Waals surface area contributed by atoms with E-state index >= 15 is 0 Å². The Hall–Kier alpha value is -1.95. The summed E-state index contributed by atoms with van der Waals surface area (Å²) in [6, 6.07) is 3.44. The van der Waals surface area contributed by atoms with Crippen molar-refractivity contribution in [3.8, 4) is 0 Å². The molecule has 2 heterocycles. The molecule has 0 N–H and O–H groups in total. The van der Waals surface area contributed by atoms with E-state index in [1.165, 1.54) is 13.3 Å². The number of hydrogen-bond donors (Lipinski definition) is 0. The van der Waals surface area contributed by atoms with Crippen LogP contribution in [0.3, 0.4) is 0 Å². The van der Waals surface area contributed by atoms with Gasteiger partial charge in [-0.3, -0.25) is 14.6 Å². The van der Waals surface area contributed by atoms with Crippen LogP contribution >= 0.6 is 0 Å². The monoisotopic (exact) mass is 292 g/mol. The van der Waals surface area contributed by atoms with Crippen LogP contribution in [0, 0.1) is 0 Å². The summed E-state index contributed by atoms with van der Waals surface area (Å²) >= 11 is 0. The van der Waals surface area contributed by atoms with E-state index in [9.17, 15) is 9.59 Å². The number of aromatic nitrogens is 1. The fourth-order valence-electron chi connectivity index (χ4n) is 2.31. The van der Waals surface area contributed by atoms with Crippen molar-refractivity contribution in [2.24, 2.45) is 0 Å². The van der Waals surface area contributed by atoms with Crippen molar-refractivity contribution >= 4 is 11.9 Å². The summed E-state index contributed by atoms with van der Waals surface area (Å²) in [7, 11) is 1.34. The number of esters is 1. The second kappa shape index (κ2) is 7.73. The van der Waals surface area contributed by atoms with E-state index in [4.69, 9.17) is 4.74 Å². The molecule has 0 radical (unpaired) electrons. The number of pyridine rings is 1. The lowest BCUT2D eigenvalue weighted by molar-refractivity contribution is -0.140. The highest BCUT2D eigenvalue weighted by Gasteiger charge is 2.24. The molecule has 0 spiro atoms. The Bertz CT molecular complexity index is 472. The summed E-state index contributed by atoms with van der Waals surface area (Å²) in [6.45, 7) is 1.54. The third-order valence-corrected chi connectivity index (χ3v) is 3.46. The molecule has 1 aliphatic heterocycles. The molecule has 21 heavy (non-hydrogen) atoms. The number of ether oxygens (including phenoxy) is 2. The zero-order chi connectivity index (χ0) is 15.1. The average molecular weight is 292 g/mol. The standard InChI is InChI=1S/C15H20N2O4/c1-20-14(18)6-8-17(11-13-5-3-9-21-13)15(19)12-4-2-7-16-10-12/h2,4,7,10,13H,3,5-6,8-9,11H2,1H3. The maximum atomic E-state index is 12.5. The molecule has 1 fully saturated rings. The molecule has 1 atom stereocenters. The van der Waals surface area contributed by atoms with Crippen LogP contribution in [0.15, 0.2) is 24.5 Å². The van der Waals surface area contributed by atoms with E-state index in [2.05, 4.69) is 9.72 Å². The zero-order valence-electron chi connectivity index (χ0n) is 12.2. The number of carbonyl (C=O) groups is 2. The molecule has 6 heteroatoms. The van der Waals surface area contributed by atoms with E-state index < -0.39 is 0 Å². The molecule has 1 saturated heterocycles. The van der Waals surface area contributed by atoms with Gasteiger partial charge in [0.1, 0.15) is 0 Å². The van der Waals surface area contributed by atoms with Crippen LogP contribution in [0.1, 0.15) is 29.6 Å². The van der Waals surface area contributed by atoms with Crippen molar-refractivity contribution in [3.63, 3.8) is 0 Å². The number of nitrogens with zero attached hydrogens (tertiary/aromatic N) is 2. The van der Waals surface area contributed by atoms with Gasteiger partial charge in [-0.1, -0.05) is 0 Å². The van der Waals surface area contributed by atoms with Crippen LogP contribution in [0.2, 0.25) is 0 Å². The van der Waals surface area contributed by atoms with E-state index in [-0.39, 0.29) is 24.4 Å². The van der Waals surface area contributed by atoms with Crippen LogP contribution in [-0.2, 0) is 14.3 Å². The summed E-state index contributed by atoms with van der Waals surface area (Å²) in [6.07, 6.45) is 5.32. The Labute approximate surface area is 124 Å². The molecular weight excluding hydrogens is 272 g/mol. The zero-order valence-corrected chi connectivity index (χ0v) is 12.2. The Morgan fingerprint density at radius 1 is 1.52 bits per heavy atom. The molecule has 1 aromatic rings. The Morgan fingerprint density at radius 2 is 2.38 bits per heavy atom. The van der Waals surface area contributed by atoms with Crippen LogP contribution in [0.5, 0.6) is 0 Å². The van der Waals surface area contributed by atoms with Crippen molar-refractivity contribution in [1.29, 1.82) is 0 Å². The van der Waals surface area contributed by atoms with Gasteiger partial charge in [-0.15, -0.1) is 0 Å². The van der Waals surface area contributed by atoms with Gasteiger partial charge in [0, 0.05) is 32.1 Å². The Balaban J connectivity index is 2.02. The second-order valence-electron chi connectivity index (χ2n) is 4.95. The topological polar surface area (TPSA) is 68.7 Å². The Kier molecular flexibility index (Phi) is 5.68. The average Bonchev–Trinajstić information content (AvgIpc) is 3.04. The van der Waals surface area contributed by atoms with Crippen LogP contribution in [-0.4, -0.2) is 54.7 Å². The number of methoxy groups -OCH3 is 1. The lowest BCUT2D eigenvalue weighted by Crippen LogP contribution is -2.39. The normalized spacial score (nSPS) is 17.5. The van der Waals surface area contributed by atoms with Gasteiger partial charge in [-0.25, -0.2) is 0 Å². The molecule has 6 nitrogen and oxygen atoms in total. The molecule has 0 bridgehead atoms. The third kappa shape index (κ3) is 4.53. The van der Waals surface area contributed by atoms with Gasteiger partial charge in [0.2, 0.25) is 0 Å². The van der Waals surface area contributed by atoms with Crippen LogP contribution < -0.4 is 0 Å². The predicted octanol–water partition coefficient (Wildman–Crippen LogP) is 1.27. The van der Waals surface area contributed by atoms with Gasteiger partial charge in [0.15, 0.2) is 0 Å². The molecule has 0 saturated carbocycles. The fraction of sp³-hybridized carbons (Fsp3) is 0.533. The fourth-order valence-corrected chi connectivity index (χ4v) is 2.31. The van der Waals surface area contributed by atoms with Crippen molar-refractivity contribution in [3.05, 3.63) is 30.1 Å². The molecule has 2 rings (SSSR count). The van der Waals surface area contributed by atoms with Gasteiger partial charge in [0.25, 0.3) is 5.91 Å². The first-order chi connectivity index (χ1) is 10.2. The maximum Gasteiger partial charge on any atom is 0.307 e. The van der Waals surface area contributed by atoms with Crippen molar-refractivity contribution < 1.29 is 19.1 Å². The highest BCUT2D eigenvalue weighted by Crippen LogP contribution is 2.15.